The zero-order valence-corrected chi connectivity index (χ0v) is 31.7. The van der Waals surface area contributed by atoms with Gasteiger partial charge in [-0.2, -0.15) is 4.98 Å². The molecule has 2 saturated heterocycles. The molecule has 2 fully saturated rings. The van der Waals surface area contributed by atoms with E-state index in [0.717, 1.165) is 88.1 Å². The van der Waals surface area contributed by atoms with Crippen molar-refractivity contribution in [3.05, 3.63) is 52.1 Å². The van der Waals surface area contributed by atoms with Crippen molar-refractivity contribution in [2.45, 2.75) is 44.6 Å². The third-order valence-electron chi connectivity index (χ3n) is 9.99. The van der Waals surface area contributed by atoms with Gasteiger partial charge in [-0.1, -0.05) is 6.07 Å². The van der Waals surface area contributed by atoms with Crippen molar-refractivity contribution in [3.63, 3.8) is 0 Å². The molecule has 0 radical (unpaired) electrons. The van der Waals surface area contributed by atoms with Crippen molar-refractivity contribution in [2.75, 3.05) is 93.1 Å². The lowest BCUT2D eigenvalue weighted by atomic mass is 9.98. The maximum Gasteiger partial charge on any atom is 0.232 e. The molecule has 0 aliphatic carbocycles. The quantitative estimate of drug-likeness (QED) is 0.342. The Labute approximate surface area is 303 Å². The van der Waals surface area contributed by atoms with Crippen molar-refractivity contribution in [3.8, 4) is 5.75 Å². The first kappa shape index (κ1) is 36.1. The Balaban J connectivity index is 1.31. The maximum atomic E-state index is 12.9. The van der Waals surface area contributed by atoms with Crippen molar-refractivity contribution in [2.24, 2.45) is 0 Å². The number of aromatic nitrogens is 2. The number of fused-ring (bicyclic) bond motifs is 8. The Morgan fingerprint density at radius 2 is 1.74 bits per heavy atom. The van der Waals surface area contributed by atoms with Crippen molar-refractivity contribution in [1.82, 2.24) is 25.1 Å². The van der Waals surface area contributed by atoms with Gasteiger partial charge in [0.1, 0.15) is 11.6 Å². The number of carbonyl (C=O) groups is 1. The molecular weight excluding hydrogens is 722 g/mol. The monoisotopic (exact) mass is 769 g/mol. The number of amides is 1. The smallest absolute Gasteiger partial charge is 0.232 e. The number of halogens is 1. The zero-order valence-electron chi connectivity index (χ0n) is 29.3. The third kappa shape index (κ3) is 8.61. The molecule has 4 aliphatic heterocycles. The van der Waals surface area contributed by atoms with Gasteiger partial charge < -0.3 is 30.5 Å². The Hall–Kier alpha value is -3.66. The lowest BCUT2D eigenvalue weighted by Gasteiger charge is -2.43. The molecular formula is C35H48BrN9O4S. The van der Waals surface area contributed by atoms with E-state index in [-0.39, 0.29) is 5.91 Å². The summed E-state index contributed by atoms with van der Waals surface area (Å²) in [5, 5.41) is 9.76. The molecule has 3 N–H and O–H groups in total. The van der Waals surface area contributed by atoms with Crippen LogP contribution in [0.1, 0.15) is 36.8 Å². The van der Waals surface area contributed by atoms with Crippen molar-refractivity contribution >= 4 is 66.4 Å². The van der Waals surface area contributed by atoms with Gasteiger partial charge in [-0.15, -0.1) is 0 Å². The number of aryl methyl sites for hydroxylation is 2. The molecule has 15 heteroatoms. The molecule has 7 rings (SSSR count). The van der Waals surface area contributed by atoms with Crippen LogP contribution in [0.5, 0.6) is 5.75 Å². The van der Waals surface area contributed by atoms with E-state index in [1.165, 1.54) is 16.9 Å². The van der Waals surface area contributed by atoms with Crippen molar-refractivity contribution in [1.29, 1.82) is 0 Å². The minimum Gasteiger partial charge on any atom is -0.494 e. The molecule has 3 aromatic rings. The fourth-order valence-corrected chi connectivity index (χ4v) is 7.73. The average molecular weight is 771 g/mol. The molecule has 1 aromatic heterocycles. The molecule has 6 bridgehead atoms. The van der Waals surface area contributed by atoms with Crippen LogP contribution in [0.15, 0.2) is 41.0 Å². The summed E-state index contributed by atoms with van der Waals surface area (Å²) in [4.78, 5) is 29.8. The lowest BCUT2D eigenvalue weighted by Crippen LogP contribution is -2.52. The first-order chi connectivity index (χ1) is 24.0. The van der Waals surface area contributed by atoms with E-state index in [1.54, 1.807) is 19.4 Å². The molecule has 0 unspecified atom stereocenters. The maximum absolute atomic E-state index is 12.9. The highest BCUT2D eigenvalue weighted by atomic mass is 79.9. The number of carbonyl (C=O) groups excluding carboxylic acids is 1. The summed E-state index contributed by atoms with van der Waals surface area (Å²) in [6.07, 6.45) is 7.34. The molecule has 5 heterocycles. The highest BCUT2D eigenvalue weighted by Gasteiger charge is 2.28. The number of anilines is 6. The van der Waals surface area contributed by atoms with Crippen LogP contribution in [0.4, 0.5) is 34.5 Å². The van der Waals surface area contributed by atoms with Crippen LogP contribution in [-0.2, 0) is 27.7 Å². The van der Waals surface area contributed by atoms with Gasteiger partial charge in [0.15, 0.2) is 0 Å². The van der Waals surface area contributed by atoms with Crippen LogP contribution in [0, 0.1) is 0 Å². The summed E-state index contributed by atoms with van der Waals surface area (Å²) in [6.45, 7) is 7.00. The van der Waals surface area contributed by atoms with E-state index >= 15 is 0 Å². The van der Waals surface area contributed by atoms with E-state index < -0.39 is 10.0 Å². The third-order valence-corrected chi connectivity index (χ3v) is 11.8. The first-order valence-corrected chi connectivity index (χ1v) is 19.9. The van der Waals surface area contributed by atoms with Gasteiger partial charge in [-0.25, -0.2) is 13.4 Å². The number of piperazine rings is 1. The van der Waals surface area contributed by atoms with Crippen LogP contribution in [-0.4, -0.2) is 113 Å². The molecule has 0 spiro atoms. The minimum atomic E-state index is -3.58. The number of benzene rings is 2. The first-order valence-electron chi connectivity index (χ1n) is 17.3. The van der Waals surface area contributed by atoms with E-state index in [9.17, 15) is 13.2 Å². The summed E-state index contributed by atoms with van der Waals surface area (Å²) >= 11 is 3.56. The Morgan fingerprint density at radius 3 is 2.46 bits per heavy atom. The number of ether oxygens (including phenoxy) is 1. The number of methoxy groups -OCH3 is 1. The van der Waals surface area contributed by atoms with Gasteiger partial charge in [0.2, 0.25) is 21.9 Å². The standard InChI is InChI=1S/C35H48BrN9O4S/c1-42-16-18-44(19-17-42)26-11-14-45(15-12-26)30-22-32(49-3)29-21-25(30)6-5-13-37-33(46)10-8-24-7-9-28(31(20-24)43(2)50(4,47)48)39-34-27(36)23-38-35(40-29)41-34/h7,9,20-23,26H,5-6,8,10-19H2,1-4H3,(H,37,46)(H2,38,39,40,41). The number of likely N-dealkylation sites (N-methyl/N-ethyl adjacent to an activating group) is 1. The van der Waals surface area contributed by atoms with Crippen LogP contribution in [0.3, 0.4) is 0 Å². The minimum absolute atomic E-state index is 0.0401. The SMILES string of the molecule is COc1cc(N2CCC(N3CCN(C)CC3)CC2)c2cc1Nc1ncc(Br)c(n1)Nc1ccc(cc1N(C)S(C)(=O)=O)CCC(=O)NCCC2. The molecule has 0 saturated carbocycles. The molecule has 4 aliphatic rings. The van der Waals surface area contributed by atoms with Gasteiger partial charge in [-0.3, -0.25) is 14.0 Å². The molecule has 1 amide bonds. The van der Waals surface area contributed by atoms with Crippen LogP contribution in [0.25, 0.3) is 0 Å². The Morgan fingerprint density at radius 1 is 0.980 bits per heavy atom. The predicted molar refractivity (Wildman–Crippen MR) is 203 cm³/mol. The number of sulfonamides is 1. The Kier molecular flexibility index (Phi) is 11.4. The van der Waals surface area contributed by atoms with Crippen LogP contribution >= 0.6 is 15.9 Å². The molecule has 2 aromatic carbocycles. The second-order valence-corrected chi connectivity index (χ2v) is 16.3. The fraction of sp³-hybridized carbons (Fsp3) is 0.514. The van der Waals surface area contributed by atoms with E-state index in [1.807, 2.05) is 12.1 Å². The number of piperidine rings is 1. The number of nitrogens with one attached hydrogen (secondary N) is 3. The topological polar surface area (TPSA) is 135 Å². The van der Waals surface area contributed by atoms with E-state index in [2.05, 4.69) is 70.7 Å². The zero-order chi connectivity index (χ0) is 35.4. The summed E-state index contributed by atoms with van der Waals surface area (Å²) in [6, 6.07) is 10.3. The highest BCUT2D eigenvalue weighted by molar-refractivity contribution is 9.10. The number of rotatable bonds is 5. The lowest BCUT2D eigenvalue weighted by molar-refractivity contribution is -0.121. The number of hydrogen-bond acceptors (Lipinski definition) is 11. The number of nitrogens with zero attached hydrogens (tertiary/aromatic N) is 6. The summed E-state index contributed by atoms with van der Waals surface area (Å²) in [5.74, 6) is 1.44. The molecule has 13 nitrogen and oxygen atoms in total. The second kappa shape index (κ2) is 15.7. The normalized spacial score (nSPS) is 18.7. The number of hydrogen-bond donors (Lipinski definition) is 3. The van der Waals surface area contributed by atoms with E-state index in [0.29, 0.717) is 58.8 Å². The van der Waals surface area contributed by atoms with Crippen LogP contribution in [0.2, 0.25) is 0 Å². The van der Waals surface area contributed by atoms with Crippen molar-refractivity contribution < 1.29 is 17.9 Å². The summed E-state index contributed by atoms with van der Waals surface area (Å²) in [7, 11) is 1.80. The fourth-order valence-electron chi connectivity index (χ4n) is 6.93. The van der Waals surface area contributed by atoms with Gasteiger partial charge in [0.25, 0.3) is 0 Å². The van der Waals surface area contributed by atoms with E-state index in [4.69, 9.17) is 9.72 Å². The van der Waals surface area contributed by atoms with Gasteiger partial charge in [0, 0.05) is 83.3 Å². The van der Waals surface area contributed by atoms with Gasteiger partial charge in [-0.05, 0) is 84.4 Å². The Bertz CT molecular complexity index is 1790. The van der Waals surface area contributed by atoms with Crippen LogP contribution < -0.4 is 29.9 Å². The largest absolute Gasteiger partial charge is 0.494 e. The summed E-state index contributed by atoms with van der Waals surface area (Å²) in [5.41, 5.74) is 4.88. The molecule has 50 heavy (non-hydrogen) atoms. The second-order valence-electron chi connectivity index (χ2n) is 13.4. The molecule has 270 valence electrons. The van der Waals surface area contributed by atoms with Gasteiger partial charge >= 0.3 is 0 Å². The summed E-state index contributed by atoms with van der Waals surface area (Å²) < 4.78 is 33.0. The molecule has 0 atom stereocenters. The average Bonchev–Trinajstić information content (AvgIpc) is 3.10. The predicted octanol–water partition coefficient (Wildman–Crippen LogP) is 4.34. The van der Waals surface area contributed by atoms with Gasteiger partial charge in [0.05, 0.1) is 34.9 Å². The highest BCUT2D eigenvalue weighted by Crippen LogP contribution is 2.38.